The highest BCUT2D eigenvalue weighted by Gasteiger charge is 2.23. The second-order valence-electron chi connectivity index (χ2n) is 10.7. The molecule has 46 heavy (non-hydrogen) atoms. The number of amides is 1. The molecule has 8 heteroatoms. The molecule has 1 atom stereocenters. The Morgan fingerprint density at radius 3 is 2.33 bits per heavy atom. The van der Waals surface area contributed by atoms with Crippen molar-refractivity contribution in [1.82, 2.24) is 5.32 Å². The lowest BCUT2D eigenvalue weighted by molar-refractivity contribution is -0.139. The fourth-order valence-electron chi connectivity index (χ4n) is 4.87. The van der Waals surface area contributed by atoms with E-state index in [2.05, 4.69) is 17.6 Å². The van der Waals surface area contributed by atoms with Crippen molar-refractivity contribution in [1.29, 1.82) is 0 Å². The van der Waals surface area contributed by atoms with Gasteiger partial charge in [-0.15, -0.1) is 0 Å². The van der Waals surface area contributed by atoms with Gasteiger partial charge in [-0.05, 0) is 66.1 Å². The molecule has 0 saturated carbocycles. The Morgan fingerprint density at radius 2 is 1.57 bits per heavy atom. The molecule has 0 spiro atoms. The molecule has 5 aromatic carbocycles. The number of carboxylic acid groups (broad SMARTS) is 1. The summed E-state index contributed by atoms with van der Waals surface area (Å²) in [6, 6.07) is 36.0. The van der Waals surface area contributed by atoms with E-state index in [0.717, 1.165) is 41.0 Å². The number of hydrogen-bond acceptors (Lipinski definition) is 5. The van der Waals surface area contributed by atoms with E-state index < -0.39 is 17.9 Å². The second-order valence-corrected chi connectivity index (χ2v) is 11.2. The van der Waals surface area contributed by atoms with Gasteiger partial charge in [-0.3, -0.25) is 4.79 Å². The summed E-state index contributed by atoms with van der Waals surface area (Å²) >= 11 is 6.26. The lowest BCUT2D eigenvalue weighted by Crippen LogP contribution is -2.42. The third-order valence-corrected chi connectivity index (χ3v) is 7.51. The summed E-state index contributed by atoms with van der Waals surface area (Å²) in [5.41, 5.74) is 4.00. The van der Waals surface area contributed by atoms with Crippen LogP contribution in [0.3, 0.4) is 0 Å². The molecular weight excluding hydrogens is 600 g/mol. The fraction of sp³-hybridized carbons (Fsp3) is 0.158. The van der Waals surface area contributed by atoms with Crippen molar-refractivity contribution in [3.05, 3.63) is 137 Å². The number of para-hydroxylation sites is 2. The SMILES string of the molecule is CCCCOc1cccc(Nc2ccc(Cl)cc2C(=O)NC(Cc2ccc(-c3ccccc3Oc3ccccc3)cc2)C(=O)O)c1. The van der Waals surface area contributed by atoms with Gasteiger partial charge in [0.05, 0.1) is 17.9 Å². The molecule has 0 aliphatic heterocycles. The molecule has 0 aromatic heterocycles. The van der Waals surface area contributed by atoms with Gasteiger partial charge in [0.15, 0.2) is 0 Å². The standard InChI is InChI=1S/C38H35ClN2O5/c1-2-3-22-45-31-13-9-10-29(25-31)40-34-21-20-28(39)24-33(34)37(42)41-35(38(43)44)23-26-16-18-27(19-17-26)32-14-7-8-15-36(32)46-30-11-5-4-6-12-30/h4-21,24-25,35,40H,2-3,22-23H2,1H3,(H,41,42)(H,43,44). The quantitative estimate of drug-likeness (QED) is 0.105. The largest absolute Gasteiger partial charge is 0.494 e. The van der Waals surface area contributed by atoms with Crippen LogP contribution in [0.25, 0.3) is 11.1 Å². The molecule has 234 valence electrons. The minimum absolute atomic E-state index is 0.0873. The van der Waals surface area contributed by atoms with Crippen LogP contribution in [0.4, 0.5) is 11.4 Å². The maximum Gasteiger partial charge on any atom is 0.326 e. The second kappa shape index (κ2) is 15.6. The summed E-state index contributed by atoms with van der Waals surface area (Å²) in [6.45, 7) is 2.72. The summed E-state index contributed by atoms with van der Waals surface area (Å²) < 4.78 is 11.9. The van der Waals surface area contributed by atoms with Crippen LogP contribution in [0.1, 0.15) is 35.7 Å². The molecule has 1 amide bonds. The Morgan fingerprint density at radius 1 is 0.826 bits per heavy atom. The molecule has 1 unspecified atom stereocenters. The number of halogens is 1. The molecule has 0 fully saturated rings. The first-order valence-electron chi connectivity index (χ1n) is 15.1. The first kappa shape index (κ1) is 32.1. The molecule has 7 nitrogen and oxygen atoms in total. The van der Waals surface area contributed by atoms with Gasteiger partial charge in [0.25, 0.3) is 5.91 Å². The molecule has 0 aliphatic rings. The first-order valence-corrected chi connectivity index (χ1v) is 15.5. The summed E-state index contributed by atoms with van der Waals surface area (Å²) in [5.74, 6) is 0.444. The molecule has 3 N–H and O–H groups in total. The number of carbonyl (C=O) groups is 2. The molecule has 0 aliphatic carbocycles. The number of carbonyl (C=O) groups excluding carboxylic acids is 1. The zero-order chi connectivity index (χ0) is 32.3. The number of carboxylic acids is 1. The molecule has 0 heterocycles. The number of anilines is 2. The van der Waals surface area contributed by atoms with Crippen LogP contribution in [0.15, 0.2) is 121 Å². The summed E-state index contributed by atoms with van der Waals surface area (Å²) in [7, 11) is 0. The summed E-state index contributed by atoms with van der Waals surface area (Å²) in [4.78, 5) is 25.7. The summed E-state index contributed by atoms with van der Waals surface area (Å²) in [6.07, 6.45) is 2.07. The van der Waals surface area contributed by atoms with Crippen molar-refractivity contribution < 1.29 is 24.2 Å². The summed E-state index contributed by atoms with van der Waals surface area (Å²) in [5, 5.41) is 16.3. The van der Waals surface area contributed by atoms with Crippen LogP contribution in [0.2, 0.25) is 5.02 Å². The van der Waals surface area contributed by atoms with Gasteiger partial charge in [-0.1, -0.05) is 91.7 Å². The molecule has 5 rings (SSSR count). The molecule has 0 bridgehead atoms. The maximum atomic E-state index is 13.5. The highest BCUT2D eigenvalue weighted by Crippen LogP contribution is 2.33. The predicted molar refractivity (Wildman–Crippen MR) is 183 cm³/mol. The van der Waals surface area contributed by atoms with Gasteiger partial charge in [-0.2, -0.15) is 0 Å². The fourth-order valence-corrected chi connectivity index (χ4v) is 5.04. The van der Waals surface area contributed by atoms with Gasteiger partial charge in [-0.25, -0.2) is 4.79 Å². The number of aliphatic carboxylic acids is 1. The van der Waals surface area contributed by atoms with Crippen molar-refractivity contribution in [3.8, 4) is 28.4 Å². The smallest absolute Gasteiger partial charge is 0.326 e. The molecule has 0 radical (unpaired) electrons. The van der Waals surface area contributed by atoms with Crippen molar-refractivity contribution >= 4 is 34.9 Å². The molecular formula is C38H35ClN2O5. The number of benzene rings is 5. The average Bonchev–Trinajstić information content (AvgIpc) is 3.06. The topological polar surface area (TPSA) is 96.9 Å². The predicted octanol–water partition coefficient (Wildman–Crippen LogP) is 9.15. The van der Waals surface area contributed by atoms with Crippen molar-refractivity contribution in [2.45, 2.75) is 32.2 Å². The van der Waals surface area contributed by atoms with E-state index >= 15 is 0 Å². The Kier molecular flexibility index (Phi) is 10.9. The maximum absolute atomic E-state index is 13.5. The van der Waals surface area contributed by atoms with E-state index in [9.17, 15) is 14.7 Å². The Balaban J connectivity index is 1.29. The van der Waals surface area contributed by atoms with E-state index in [1.54, 1.807) is 12.1 Å². The number of unbranched alkanes of at least 4 members (excludes halogenated alkanes) is 1. The number of hydrogen-bond donors (Lipinski definition) is 3. The van der Waals surface area contributed by atoms with Crippen molar-refractivity contribution in [2.75, 3.05) is 11.9 Å². The third-order valence-electron chi connectivity index (χ3n) is 7.27. The molecule has 5 aromatic rings. The van der Waals surface area contributed by atoms with Crippen LogP contribution >= 0.6 is 11.6 Å². The van der Waals surface area contributed by atoms with Crippen LogP contribution in [0, 0.1) is 0 Å². The number of rotatable bonds is 14. The first-order chi connectivity index (χ1) is 22.4. The van der Waals surface area contributed by atoms with E-state index in [4.69, 9.17) is 21.1 Å². The lowest BCUT2D eigenvalue weighted by Gasteiger charge is -2.18. The van der Waals surface area contributed by atoms with Crippen molar-refractivity contribution in [3.63, 3.8) is 0 Å². The van der Waals surface area contributed by atoms with E-state index in [0.29, 0.717) is 28.8 Å². The number of ether oxygens (including phenoxy) is 2. The van der Waals surface area contributed by atoms with E-state index in [-0.39, 0.29) is 12.0 Å². The Bertz CT molecular complexity index is 1780. The lowest BCUT2D eigenvalue weighted by atomic mass is 9.99. The molecule has 0 saturated heterocycles. The number of nitrogens with one attached hydrogen (secondary N) is 2. The van der Waals surface area contributed by atoms with E-state index in [1.165, 1.54) is 6.07 Å². The monoisotopic (exact) mass is 634 g/mol. The zero-order valence-electron chi connectivity index (χ0n) is 25.4. The Labute approximate surface area is 273 Å². The van der Waals surface area contributed by atoms with Crippen LogP contribution < -0.4 is 20.1 Å². The average molecular weight is 635 g/mol. The van der Waals surface area contributed by atoms with Crippen LogP contribution in [-0.2, 0) is 11.2 Å². The van der Waals surface area contributed by atoms with Gasteiger partial charge >= 0.3 is 5.97 Å². The van der Waals surface area contributed by atoms with Crippen LogP contribution in [0.5, 0.6) is 17.2 Å². The minimum atomic E-state index is -1.17. The van der Waals surface area contributed by atoms with Gasteiger partial charge < -0.3 is 25.2 Å². The highest BCUT2D eigenvalue weighted by atomic mass is 35.5. The van der Waals surface area contributed by atoms with Gasteiger partial charge in [0.2, 0.25) is 0 Å². The van der Waals surface area contributed by atoms with Crippen LogP contribution in [-0.4, -0.2) is 29.6 Å². The van der Waals surface area contributed by atoms with E-state index in [1.807, 2.05) is 103 Å². The third kappa shape index (κ3) is 8.67. The normalized spacial score (nSPS) is 11.3. The van der Waals surface area contributed by atoms with Gasteiger partial charge in [0.1, 0.15) is 23.3 Å². The zero-order valence-corrected chi connectivity index (χ0v) is 26.2. The highest BCUT2D eigenvalue weighted by molar-refractivity contribution is 6.31. The minimum Gasteiger partial charge on any atom is -0.494 e. The van der Waals surface area contributed by atoms with Crippen molar-refractivity contribution in [2.24, 2.45) is 0 Å². The Hall–Kier alpha value is -5.27. The van der Waals surface area contributed by atoms with Gasteiger partial charge in [0, 0.05) is 28.8 Å².